The minimum absolute atomic E-state index is 0.0470. The van der Waals surface area contributed by atoms with Gasteiger partial charge in [0.05, 0.1) is 0 Å². The fraction of sp³-hybridized carbons (Fsp3) is 0.933. The van der Waals surface area contributed by atoms with Crippen LogP contribution >= 0.6 is 0 Å². The molecule has 1 saturated carbocycles. The normalized spacial score (nSPS) is 18.7. The number of hydrogen-bond donors (Lipinski definition) is 0. The molecular weight excluding hydrogens is 196 g/mol. The fourth-order valence-corrected chi connectivity index (χ4v) is 2.76. The zero-order valence-electron chi connectivity index (χ0n) is 11.3. The molecule has 1 nitrogen and oxygen atoms in total. The number of rotatable bonds is 6. The van der Waals surface area contributed by atoms with Crippen LogP contribution in [0.4, 0.5) is 0 Å². The molecular formula is C15H28O. The van der Waals surface area contributed by atoms with Gasteiger partial charge in [-0.05, 0) is 25.2 Å². The molecule has 94 valence electrons. The SMILES string of the molecule is CCC(C)(CC)C(=O)CCC1CCCCC1. The lowest BCUT2D eigenvalue weighted by Crippen LogP contribution is -2.26. The molecule has 0 amide bonds. The quantitative estimate of drug-likeness (QED) is 0.636. The predicted molar refractivity (Wildman–Crippen MR) is 69.5 cm³/mol. The molecule has 0 saturated heterocycles. The molecule has 1 aliphatic rings. The highest BCUT2D eigenvalue weighted by Gasteiger charge is 2.29. The Balaban J connectivity index is 2.33. The van der Waals surface area contributed by atoms with Gasteiger partial charge < -0.3 is 0 Å². The van der Waals surface area contributed by atoms with Crippen LogP contribution in [0.15, 0.2) is 0 Å². The third-order valence-corrected chi connectivity index (χ3v) is 4.74. The molecule has 1 rings (SSSR count). The molecule has 0 aromatic heterocycles. The molecule has 0 radical (unpaired) electrons. The lowest BCUT2D eigenvalue weighted by molar-refractivity contribution is -0.128. The molecule has 0 N–H and O–H groups in total. The smallest absolute Gasteiger partial charge is 0.138 e. The van der Waals surface area contributed by atoms with Gasteiger partial charge >= 0.3 is 0 Å². The van der Waals surface area contributed by atoms with E-state index in [9.17, 15) is 4.79 Å². The Morgan fingerprint density at radius 2 is 1.69 bits per heavy atom. The molecule has 0 aliphatic heterocycles. The second-order valence-electron chi connectivity index (χ2n) is 5.73. The highest BCUT2D eigenvalue weighted by atomic mass is 16.1. The van der Waals surface area contributed by atoms with Gasteiger partial charge in [-0.15, -0.1) is 0 Å². The molecule has 1 aliphatic carbocycles. The summed E-state index contributed by atoms with van der Waals surface area (Å²) in [6.45, 7) is 6.42. The van der Waals surface area contributed by atoms with Crippen molar-refractivity contribution in [3.8, 4) is 0 Å². The van der Waals surface area contributed by atoms with E-state index in [1.54, 1.807) is 0 Å². The van der Waals surface area contributed by atoms with Crippen molar-refractivity contribution in [3.05, 3.63) is 0 Å². The van der Waals surface area contributed by atoms with Crippen molar-refractivity contribution in [3.63, 3.8) is 0 Å². The summed E-state index contributed by atoms with van der Waals surface area (Å²) in [7, 11) is 0. The van der Waals surface area contributed by atoms with Crippen molar-refractivity contribution in [1.82, 2.24) is 0 Å². The van der Waals surface area contributed by atoms with Crippen LogP contribution < -0.4 is 0 Å². The molecule has 1 heteroatoms. The number of hydrogen-bond acceptors (Lipinski definition) is 1. The van der Waals surface area contributed by atoms with Crippen molar-refractivity contribution < 1.29 is 4.79 Å². The van der Waals surface area contributed by atoms with Crippen LogP contribution in [0.3, 0.4) is 0 Å². The molecule has 0 unspecified atom stereocenters. The van der Waals surface area contributed by atoms with Crippen LogP contribution in [0.2, 0.25) is 0 Å². The summed E-state index contributed by atoms with van der Waals surface area (Å²) in [6.07, 6.45) is 10.9. The maximum atomic E-state index is 12.2. The van der Waals surface area contributed by atoms with Crippen molar-refractivity contribution >= 4 is 5.78 Å². The maximum Gasteiger partial charge on any atom is 0.138 e. The van der Waals surface area contributed by atoms with Gasteiger partial charge in [-0.2, -0.15) is 0 Å². The van der Waals surface area contributed by atoms with Crippen LogP contribution in [0, 0.1) is 11.3 Å². The highest BCUT2D eigenvalue weighted by molar-refractivity contribution is 5.84. The number of carbonyl (C=O) groups is 1. The van der Waals surface area contributed by atoms with Gasteiger partial charge in [-0.1, -0.05) is 52.9 Å². The average Bonchev–Trinajstić information content (AvgIpc) is 2.36. The number of Topliss-reactive ketones (excluding diaryl/α,β-unsaturated/α-hetero) is 1. The van der Waals surface area contributed by atoms with Crippen LogP contribution in [0.1, 0.15) is 78.6 Å². The predicted octanol–water partition coefficient (Wildman–Crippen LogP) is 4.74. The Morgan fingerprint density at radius 3 is 2.19 bits per heavy atom. The summed E-state index contributed by atoms with van der Waals surface area (Å²) in [4.78, 5) is 12.2. The number of ketones is 1. The van der Waals surface area contributed by atoms with Gasteiger partial charge in [0.1, 0.15) is 5.78 Å². The van der Waals surface area contributed by atoms with Gasteiger partial charge in [0, 0.05) is 11.8 Å². The minimum Gasteiger partial charge on any atom is -0.299 e. The molecule has 16 heavy (non-hydrogen) atoms. The second kappa shape index (κ2) is 6.42. The third kappa shape index (κ3) is 3.61. The van der Waals surface area contributed by atoms with E-state index in [0.717, 1.165) is 31.6 Å². The van der Waals surface area contributed by atoms with Gasteiger partial charge in [-0.3, -0.25) is 4.79 Å². The Hall–Kier alpha value is -0.330. The van der Waals surface area contributed by atoms with Crippen LogP contribution in [-0.2, 0) is 4.79 Å². The van der Waals surface area contributed by atoms with Crippen LogP contribution in [-0.4, -0.2) is 5.78 Å². The summed E-state index contributed by atoms with van der Waals surface area (Å²) in [5.41, 5.74) is -0.0470. The van der Waals surface area contributed by atoms with Gasteiger partial charge in [-0.25, -0.2) is 0 Å². The largest absolute Gasteiger partial charge is 0.299 e. The Bertz CT molecular complexity index is 209. The van der Waals surface area contributed by atoms with Gasteiger partial charge in [0.15, 0.2) is 0 Å². The molecule has 0 spiro atoms. The zero-order valence-corrected chi connectivity index (χ0v) is 11.3. The summed E-state index contributed by atoms with van der Waals surface area (Å²) in [5.74, 6) is 1.35. The van der Waals surface area contributed by atoms with Crippen molar-refractivity contribution in [2.24, 2.45) is 11.3 Å². The van der Waals surface area contributed by atoms with Crippen molar-refractivity contribution in [2.75, 3.05) is 0 Å². The molecule has 0 heterocycles. The lowest BCUT2D eigenvalue weighted by atomic mass is 9.77. The van der Waals surface area contributed by atoms with E-state index in [0.29, 0.717) is 5.78 Å². The lowest BCUT2D eigenvalue weighted by Gasteiger charge is -2.27. The van der Waals surface area contributed by atoms with E-state index >= 15 is 0 Å². The minimum atomic E-state index is -0.0470. The van der Waals surface area contributed by atoms with E-state index in [-0.39, 0.29) is 5.41 Å². The Morgan fingerprint density at radius 1 is 1.12 bits per heavy atom. The first-order valence-corrected chi connectivity index (χ1v) is 7.15. The first-order chi connectivity index (χ1) is 7.62. The van der Waals surface area contributed by atoms with Gasteiger partial charge in [0.25, 0.3) is 0 Å². The average molecular weight is 224 g/mol. The molecule has 1 fully saturated rings. The van der Waals surface area contributed by atoms with Crippen LogP contribution in [0.5, 0.6) is 0 Å². The van der Waals surface area contributed by atoms with E-state index < -0.39 is 0 Å². The molecule has 0 atom stereocenters. The van der Waals surface area contributed by atoms with E-state index in [1.807, 2.05) is 0 Å². The summed E-state index contributed by atoms with van der Waals surface area (Å²) in [6, 6.07) is 0. The van der Waals surface area contributed by atoms with E-state index in [4.69, 9.17) is 0 Å². The number of carbonyl (C=O) groups excluding carboxylic acids is 1. The topological polar surface area (TPSA) is 17.1 Å². The summed E-state index contributed by atoms with van der Waals surface area (Å²) < 4.78 is 0. The molecule has 0 aromatic carbocycles. The summed E-state index contributed by atoms with van der Waals surface area (Å²) in [5, 5.41) is 0. The standard InChI is InChI=1S/C15H28O/c1-4-15(3,5-2)14(16)12-11-13-9-7-6-8-10-13/h13H,4-12H2,1-3H3. The van der Waals surface area contributed by atoms with Gasteiger partial charge in [0.2, 0.25) is 0 Å². The van der Waals surface area contributed by atoms with Crippen molar-refractivity contribution in [1.29, 1.82) is 0 Å². The third-order valence-electron chi connectivity index (χ3n) is 4.74. The second-order valence-corrected chi connectivity index (χ2v) is 5.73. The zero-order chi connectivity index (χ0) is 12.0. The monoisotopic (exact) mass is 224 g/mol. The molecule has 0 aromatic rings. The maximum absolute atomic E-state index is 12.2. The van der Waals surface area contributed by atoms with E-state index in [2.05, 4.69) is 20.8 Å². The first-order valence-electron chi connectivity index (χ1n) is 7.15. The first kappa shape index (κ1) is 13.7. The van der Waals surface area contributed by atoms with Crippen LogP contribution in [0.25, 0.3) is 0 Å². The Kier molecular flexibility index (Phi) is 5.51. The Labute approximate surface area is 101 Å². The van der Waals surface area contributed by atoms with E-state index in [1.165, 1.54) is 32.1 Å². The fourth-order valence-electron chi connectivity index (χ4n) is 2.76. The summed E-state index contributed by atoms with van der Waals surface area (Å²) >= 11 is 0. The van der Waals surface area contributed by atoms with Crippen molar-refractivity contribution in [2.45, 2.75) is 78.6 Å². The molecule has 0 bridgehead atoms. The highest BCUT2D eigenvalue weighted by Crippen LogP contribution is 2.32.